The lowest BCUT2D eigenvalue weighted by molar-refractivity contribution is -0.0281. The highest BCUT2D eigenvalue weighted by Gasteiger charge is 2.29. The van der Waals surface area contributed by atoms with Gasteiger partial charge in [0.2, 0.25) is 0 Å². The summed E-state index contributed by atoms with van der Waals surface area (Å²) in [4.78, 5) is 6.46. The van der Waals surface area contributed by atoms with Crippen molar-refractivity contribution in [3.8, 4) is 34.4 Å². The van der Waals surface area contributed by atoms with Gasteiger partial charge < -0.3 is 34.3 Å². The van der Waals surface area contributed by atoms with Crippen LogP contribution in [0.25, 0.3) is 11.1 Å². The average Bonchev–Trinajstić information content (AvgIpc) is 3.60. The van der Waals surface area contributed by atoms with Crippen molar-refractivity contribution in [3.63, 3.8) is 0 Å². The molecule has 4 aromatic rings. The van der Waals surface area contributed by atoms with Crippen LogP contribution in [-0.4, -0.2) is 72.8 Å². The third-order valence-corrected chi connectivity index (χ3v) is 11.1. The van der Waals surface area contributed by atoms with Crippen molar-refractivity contribution in [2.24, 2.45) is 0 Å². The molecule has 0 bridgehead atoms. The smallest absolute Gasteiger partial charge is 0.142 e. The Morgan fingerprint density at radius 3 is 2.65 bits per heavy atom. The van der Waals surface area contributed by atoms with E-state index in [1.165, 1.54) is 11.8 Å². The molecule has 2 fully saturated rings. The highest BCUT2D eigenvalue weighted by Crippen LogP contribution is 2.45. The fourth-order valence-electron chi connectivity index (χ4n) is 7.50. The Labute approximate surface area is 325 Å². The van der Waals surface area contributed by atoms with Crippen molar-refractivity contribution in [1.29, 1.82) is 5.26 Å². The molecular weight excluding hydrogens is 730 g/mol. The van der Waals surface area contributed by atoms with Gasteiger partial charge in [-0.15, -0.1) is 0 Å². The largest absolute Gasteiger partial charge is 0.492 e. The number of fused-ring (bicyclic) bond motifs is 1. The van der Waals surface area contributed by atoms with Gasteiger partial charge in [-0.3, -0.25) is 4.98 Å². The number of benzene rings is 3. The molecule has 54 heavy (non-hydrogen) atoms. The Bertz CT molecular complexity index is 1950. The van der Waals surface area contributed by atoms with Crippen LogP contribution >= 0.6 is 23.2 Å². The molecule has 0 spiro atoms. The SMILES string of the molecule is N#Cc1cncc(COc2cc(O[C@H]3CCc4c(-c5cccc(OCCCN6CCC(F)CC6)c5Cl)cccc43)c(Cl)cc2CN[C@H]2CCOC[C@@H]2O)c1. The molecule has 0 amide bonds. The minimum absolute atomic E-state index is 0.125. The van der Waals surface area contributed by atoms with Crippen LogP contribution in [0.15, 0.2) is 67.0 Å². The Kier molecular flexibility index (Phi) is 12.9. The summed E-state index contributed by atoms with van der Waals surface area (Å²) in [6, 6.07) is 19.5. The van der Waals surface area contributed by atoms with E-state index in [0.717, 1.165) is 66.7 Å². The minimum atomic E-state index is -0.672. The standard InChI is InChI=1S/C42H45Cl2FN4O5/c43-35-19-29(24-48-36-12-17-51-26-37(36)50)40(53-25-28-18-27(21-46)22-47-23-28)20-41(35)54-38-9-8-32-31(4-1-5-33(32)38)34-6-2-7-39(42(34)44)52-16-3-13-49-14-10-30(45)11-15-49/h1-2,4-7,18-20,22-23,30,36-38,48,50H,3,8-17,24-26H2/t36-,37-,38-/m0/s1. The first kappa shape index (κ1) is 38.3. The highest BCUT2D eigenvalue weighted by molar-refractivity contribution is 6.35. The number of aromatic nitrogens is 1. The number of nitrogens with one attached hydrogen (secondary N) is 1. The minimum Gasteiger partial charge on any atom is -0.492 e. The van der Waals surface area contributed by atoms with Crippen molar-refractivity contribution < 1.29 is 28.4 Å². The van der Waals surface area contributed by atoms with Crippen molar-refractivity contribution in [2.45, 2.75) is 76.1 Å². The van der Waals surface area contributed by atoms with E-state index in [9.17, 15) is 14.8 Å². The number of rotatable bonds is 14. The van der Waals surface area contributed by atoms with Gasteiger partial charge >= 0.3 is 0 Å². The monoisotopic (exact) mass is 774 g/mol. The van der Waals surface area contributed by atoms with Gasteiger partial charge in [-0.05, 0) is 73.4 Å². The van der Waals surface area contributed by atoms with E-state index in [-0.39, 0.29) is 25.4 Å². The number of nitriles is 1. The van der Waals surface area contributed by atoms with Gasteiger partial charge in [0.05, 0.1) is 34.9 Å². The Morgan fingerprint density at radius 1 is 0.981 bits per heavy atom. The topological polar surface area (TPSA) is 109 Å². The Hall–Kier alpha value is -3.95. The van der Waals surface area contributed by atoms with Crippen LogP contribution in [0, 0.1) is 11.3 Å². The summed E-state index contributed by atoms with van der Waals surface area (Å²) < 4.78 is 38.1. The summed E-state index contributed by atoms with van der Waals surface area (Å²) in [6.07, 6.45) is 5.95. The molecule has 2 aliphatic heterocycles. The number of pyridine rings is 1. The first-order valence-corrected chi connectivity index (χ1v) is 19.5. The van der Waals surface area contributed by atoms with Crippen LogP contribution in [-0.2, 0) is 24.3 Å². The molecule has 0 radical (unpaired) electrons. The molecule has 2 N–H and O–H groups in total. The number of likely N-dealkylation sites (tertiary alicyclic amines) is 1. The van der Waals surface area contributed by atoms with Gasteiger partial charge in [-0.25, -0.2) is 4.39 Å². The van der Waals surface area contributed by atoms with Crippen LogP contribution in [0.2, 0.25) is 10.0 Å². The van der Waals surface area contributed by atoms with E-state index in [0.29, 0.717) is 71.9 Å². The highest BCUT2D eigenvalue weighted by atomic mass is 35.5. The molecule has 3 heterocycles. The number of aliphatic hydroxyl groups excluding tert-OH is 1. The third kappa shape index (κ3) is 9.28. The molecule has 2 saturated heterocycles. The van der Waals surface area contributed by atoms with Crippen LogP contribution < -0.4 is 19.5 Å². The zero-order chi connectivity index (χ0) is 37.4. The fraction of sp³-hybridized carbons (Fsp3) is 0.429. The van der Waals surface area contributed by atoms with Gasteiger partial charge in [0.25, 0.3) is 0 Å². The Balaban J connectivity index is 1.07. The van der Waals surface area contributed by atoms with Crippen molar-refractivity contribution in [2.75, 3.05) is 39.5 Å². The van der Waals surface area contributed by atoms with Crippen molar-refractivity contribution in [3.05, 3.63) is 105 Å². The van der Waals surface area contributed by atoms with Crippen LogP contribution in [0.3, 0.4) is 0 Å². The summed E-state index contributed by atoms with van der Waals surface area (Å²) in [6.45, 7) is 4.47. The second-order valence-electron chi connectivity index (χ2n) is 14.1. The molecule has 3 aromatic carbocycles. The number of nitrogens with zero attached hydrogens (tertiary/aromatic N) is 3. The van der Waals surface area contributed by atoms with E-state index in [2.05, 4.69) is 33.4 Å². The van der Waals surface area contributed by atoms with Gasteiger partial charge in [0, 0.05) is 74.0 Å². The van der Waals surface area contributed by atoms with Gasteiger partial charge in [-0.1, -0.05) is 53.5 Å². The second kappa shape index (κ2) is 18.1. The predicted octanol–water partition coefficient (Wildman–Crippen LogP) is 8.01. The number of ether oxygens (including phenoxy) is 4. The maximum atomic E-state index is 13.5. The first-order valence-electron chi connectivity index (χ1n) is 18.7. The summed E-state index contributed by atoms with van der Waals surface area (Å²) in [5.41, 5.74) is 6.22. The number of hydrogen-bond donors (Lipinski definition) is 2. The predicted molar refractivity (Wildman–Crippen MR) is 206 cm³/mol. The van der Waals surface area contributed by atoms with E-state index < -0.39 is 12.3 Å². The molecule has 0 unspecified atom stereocenters. The van der Waals surface area contributed by atoms with Crippen molar-refractivity contribution >= 4 is 23.2 Å². The molecule has 0 saturated carbocycles. The van der Waals surface area contributed by atoms with Gasteiger partial charge in [0.1, 0.15) is 42.2 Å². The lowest BCUT2D eigenvalue weighted by atomic mass is 9.96. The summed E-state index contributed by atoms with van der Waals surface area (Å²) in [7, 11) is 0. The van der Waals surface area contributed by atoms with E-state index in [1.54, 1.807) is 12.3 Å². The normalized spacial score (nSPS) is 20.3. The quantitative estimate of drug-likeness (QED) is 0.123. The maximum Gasteiger partial charge on any atom is 0.142 e. The molecule has 7 rings (SSSR count). The fourth-order valence-corrected chi connectivity index (χ4v) is 8.01. The maximum absolute atomic E-state index is 13.5. The molecular formula is C42H45Cl2FN4O5. The first-order chi connectivity index (χ1) is 26.4. The molecule has 3 aliphatic rings. The molecule has 3 atom stereocenters. The second-order valence-corrected chi connectivity index (χ2v) is 14.9. The molecule has 1 aromatic heterocycles. The van der Waals surface area contributed by atoms with Gasteiger partial charge in [0.15, 0.2) is 0 Å². The molecule has 9 nitrogen and oxygen atoms in total. The summed E-state index contributed by atoms with van der Waals surface area (Å²) in [5.74, 6) is 1.72. The van der Waals surface area contributed by atoms with Crippen LogP contribution in [0.5, 0.6) is 17.2 Å². The van der Waals surface area contributed by atoms with Crippen LogP contribution in [0.4, 0.5) is 4.39 Å². The lowest BCUT2D eigenvalue weighted by Gasteiger charge is -2.29. The number of hydrogen-bond acceptors (Lipinski definition) is 9. The molecule has 1 aliphatic carbocycles. The number of piperidine rings is 1. The summed E-state index contributed by atoms with van der Waals surface area (Å²) in [5, 5.41) is 24.3. The third-order valence-electron chi connectivity index (χ3n) is 10.4. The molecule has 12 heteroatoms. The zero-order valence-corrected chi connectivity index (χ0v) is 31.6. The van der Waals surface area contributed by atoms with E-state index in [1.807, 2.05) is 36.4 Å². The Morgan fingerprint density at radius 2 is 1.81 bits per heavy atom. The summed E-state index contributed by atoms with van der Waals surface area (Å²) >= 11 is 13.9. The van der Waals surface area contributed by atoms with E-state index in [4.69, 9.17) is 42.1 Å². The number of aliphatic hydroxyl groups is 1. The van der Waals surface area contributed by atoms with Crippen LogP contribution in [0.1, 0.15) is 66.0 Å². The zero-order valence-electron chi connectivity index (χ0n) is 30.1. The number of halogens is 3. The molecule has 284 valence electrons. The lowest BCUT2D eigenvalue weighted by Crippen LogP contribution is -2.46. The van der Waals surface area contributed by atoms with Crippen molar-refractivity contribution in [1.82, 2.24) is 15.2 Å². The van der Waals surface area contributed by atoms with Gasteiger partial charge in [-0.2, -0.15) is 5.26 Å². The number of alkyl halides is 1. The van der Waals surface area contributed by atoms with E-state index >= 15 is 0 Å². The average molecular weight is 776 g/mol.